The molecule has 6 nitrogen and oxygen atoms in total. The zero-order chi connectivity index (χ0) is 13.7. The molecule has 6 heteroatoms. The second kappa shape index (κ2) is 5.81. The Kier molecular flexibility index (Phi) is 3.92. The first-order valence-corrected chi connectivity index (χ1v) is 5.68. The van der Waals surface area contributed by atoms with Crippen LogP contribution in [0.1, 0.15) is 11.3 Å². The normalized spacial score (nSPS) is 10.6. The molecule has 19 heavy (non-hydrogen) atoms. The van der Waals surface area contributed by atoms with Crippen molar-refractivity contribution in [2.24, 2.45) is 5.10 Å². The molecule has 0 aliphatic heterocycles. The van der Waals surface area contributed by atoms with E-state index in [1.54, 1.807) is 20.2 Å². The first-order chi connectivity index (χ1) is 9.17. The molecule has 1 aromatic heterocycles. The number of benzene rings is 1. The number of aromatic amines is 1. The number of ether oxygens (including phenoxy) is 1. The number of aryl methyl sites for hydroxylation is 1. The third kappa shape index (κ3) is 3.67. The van der Waals surface area contributed by atoms with Crippen LogP contribution in [0.2, 0.25) is 0 Å². The first-order valence-electron chi connectivity index (χ1n) is 5.68. The Morgan fingerprint density at radius 3 is 2.74 bits per heavy atom. The highest BCUT2D eigenvalue weighted by atomic mass is 16.5. The van der Waals surface area contributed by atoms with Crippen LogP contribution in [0.25, 0.3) is 0 Å². The zero-order valence-corrected chi connectivity index (χ0v) is 10.7. The number of hydrazone groups is 1. The van der Waals surface area contributed by atoms with Gasteiger partial charge in [-0.2, -0.15) is 5.10 Å². The molecule has 0 radical (unpaired) electrons. The lowest BCUT2D eigenvalue weighted by molar-refractivity contribution is 0.415. The van der Waals surface area contributed by atoms with Crippen LogP contribution in [0.15, 0.2) is 40.2 Å². The van der Waals surface area contributed by atoms with Gasteiger partial charge in [0.05, 0.1) is 13.3 Å². The maximum absolute atomic E-state index is 11.2. The molecule has 2 aromatic rings. The van der Waals surface area contributed by atoms with Gasteiger partial charge in [0.25, 0.3) is 5.56 Å². The Balaban J connectivity index is 2.04. The third-order valence-corrected chi connectivity index (χ3v) is 2.37. The zero-order valence-electron chi connectivity index (χ0n) is 10.7. The quantitative estimate of drug-likeness (QED) is 0.644. The van der Waals surface area contributed by atoms with E-state index >= 15 is 0 Å². The number of hydrogen-bond acceptors (Lipinski definition) is 5. The lowest BCUT2D eigenvalue weighted by Crippen LogP contribution is -2.10. The van der Waals surface area contributed by atoms with Gasteiger partial charge >= 0.3 is 0 Å². The van der Waals surface area contributed by atoms with E-state index in [2.05, 4.69) is 20.5 Å². The number of nitrogens with one attached hydrogen (secondary N) is 2. The number of H-pyrrole nitrogens is 1. The molecule has 0 fully saturated rings. The summed E-state index contributed by atoms with van der Waals surface area (Å²) < 4.78 is 5.06. The van der Waals surface area contributed by atoms with E-state index in [1.807, 2.05) is 24.3 Å². The van der Waals surface area contributed by atoms with Crippen molar-refractivity contribution in [2.45, 2.75) is 6.92 Å². The fraction of sp³-hybridized carbons (Fsp3) is 0.154. The first kappa shape index (κ1) is 12.8. The summed E-state index contributed by atoms with van der Waals surface area (Å²) in [6, 6.07) is 8.84. The van der Waals surface area contributed by atoms with Crippen LogP contribution in [0, 0.1) is 6.92 Å². The van der Waals surface area contributed by atoms with Crippen LogP contribution in [-0.2, 0) is 0 Å². The number of hydrogen-bond donors (Lipinski definition) is 2. The molecular weight excluding hydrogens is 244 g/mol. The number of methoxy groups -OCH3 is 1. The molecule has 0 saturated heterocycles. The van der Waals surface area contributed by atoms with Crippen molar-refractivity contribution in [3.8, 4) is 5.75 Å². The van der Waals surface area contributed by atoms with Gasteiger partial charge in [-0.15, -0.1) is 0 Å². The van der Waals surface area contributed by atoms with Crippen molar-refractivity contribution in [1.82, 2.24) is 9.97 Å². The van der Waals surface area contributed by atoms with E-state index in [9.17, 15) is 4.79 Å². The van der Waals surface area contributed by atoms with Crippen molar-refractivity contribution in [2.75, 3.05) is 12.5 Å². The van der Waals surface area contributed by atoms with E-state index in [0.29, 0.717) is 11.6 Å². The van der Waals surface area contributed by atoms with Crippen LogP contribution in [0.4, 0.5) is 5.95 Å². The molecule has 0 aliphatic rings. The molecule has 0 atom stereocenters. The van der Waals surface area contributed by atoms with Crippen molar-refractivity contribution in [3.63, 3.8) is 0 Å². The number of anilines is 1. The van der Waals surface area contributed by atoms with Gasteiger partial charge in [0.1, 0.15) is 5.75 Å². The lowest BCUT2D eigenvalue weighted by Gasteiger charge is -2.00. The third-order valence-electron chi connectivity index (χ3n) is 2.37. The Bertz CT molecular complexity index is 632. The van der Waals surface area contributed by atoms with Crippen molar-refractivity contribution < 1.29 is 4.74 Å². The molecule has 1 aromatic carbocycles. The minimum absolute atomic E-state index is 0.213. The van der Waals surface area contributed by atoms with Crippen LogP contribution in [-0.4, -0.2) is 23.3 Å². The summed E-state index contributed by atoms with van der Waals surface area (Å²) in [4.78, 5) is 17.8. The summed E-state index contributed by atoms with van der Waals surface area (Å²) in [6.45, 7) is 1.74. The monoisotopic (exact) mass is 258 g/mol. The van der Waals surface area contributed by atoms with Crippen molar-refractivity contribution in [1.29, 1.82) is 0 Å². The average Bonchev–Trinajstić information content (AvgIpc) is 2.38. The Morgan fingerprint density at radius 2 is 2.11 bits per heavy atom. The maximum atomic E-state index is 11.2. The van der Waals surface area contributed by atoms with E-state index in [0.717, 1.165) is 11.3 Å². The van der Waals surface area contributed by atoms with Crippen LogP contribution in [0.5, 0.6) is 5.75 Å². The van der Waals surface area contributed by atoms with Gasteiger partial charge in [0, 0.05) is 11.8 Å². The fourth-order valence-corrected chi connectivity index (χ4v) is 1.49. The number of aromatic nitrogens is 2. The summed E-state index contributed by atoms with van der Waals surface area (Å²) in [5.41, 5.74) is 4.00. The molecular formula is C13H14N4O2. The summed E-state index contributed by atoms with van der Waals surface area (Å²) in [6.07, 6.45) is 1.63. The molecule has 98 valence electrons. The van der Waals surface area contributed by atoms with Crippen molar-refractivity contribution >= 4 is 12.2 Å². The van der Waals surface area contributed by atoms with Crippen LogP contribution in [0.3, 0.4) is 0 Å². The summed E-state index contributed by atoms with van der Waals surface area (Å²) in [7, 11) is 1.62. The molecule has 0 aliphatic carbocycles. The largest absolute Gasteiger partial charge is 0.497 e. The average molecular weight is 258 g/mol. The van der Waals surface area contributed by atoms with E-state index < -0.39 is 0 Å². The van der Waals surface area contributed by atoms with Gasteiger partial charge in [-0.05, 0) is 36.8 Å². The molecule has 2 rings (SSSR count). The van der Waals surface area contributed by atoms with Gasteiger partial charge < -0.3 is 4.74 Å². The van der Waals surface area contributed by atoms with Crippen molar-refractivity contribution in [3.05, 3.63) is 51.9 Å². The molecule has 2 N–H and O–H groups in total. The highest BCUT2D eigenvalue weighted by molar-refractivity contribution is 5.80. The molecule has 0 spiro atoms. The van der Waals surface area contributed by atoms with E-state index in [1.165, 1.54) is 6.07 Å². The lowest BCUT2D eigenvalue weighted by atomic mass is 10.2. The second-order valence-electron chi connectivity index (χ2n) is 3.88. The molecule has 0 bridgehead atoms. The maximum Gasteiger partial charge on any atom is 0.252 e. The predicted octanol–water partition coefficient (Wildman–Crippen LogP) is 1.53. The highest BCUT2D eigenvalue weighted by Crippen LogP contribution is 2.09. The molecule has 0 saturated carbocycles. The van der Waals surface area contributed by atoms with E-state index in [-0.39, 0.29) is 5.56 Å². The van der Waals surface area contributed by atoms with Crippen LogP contribution >= 0.6 is 0 Å². The van der Waals surface area contributed by atoms with Gasteiger partial charge in [-0.25, -0.2) is 10.4 Å². The minimum atomic E-state index is -0.213. The second-order valence-corrected chi connectivity index (χ2v) is 3.88. The summed E-state index contributed by atoms with van der Waals surface area (Å²) >= 11 is 0. The highest BCUT2D eigenvalue weighted by Gasteiger charge is 1.95. The van der Waals surface area contributed by atoms with E-state index in [4.69, 9.17) is 4.74 Å². The van der Waals surface area contributed by atoms with Gasteiger partial charge in [0.15, 0.2) is 0 Å². The predicted molar refractivity (Wildman–Crippen MR) is 73.8 cm³/mol. The molecule has 1 heterocycles. The van der Waals surface area contributed by atoms with Gasteiger partial charge in [-0.1, -0.05) is 0 Å². The fourth-order valence-electron chi connectivity index (χ4n) is 1.49. The smallest absolute Gasteiger partial charge is 0.252 e. The minimum Gasteiger partial charge on any atom is -0.497 e. The Hall–Kier alpha value is -2.63. The molecule has 0 unspecified atom stereocenters. The SMILES string of the molecule is COc1ccc(/C=N/Nc2nc(C)cc(=O)[nH]2)cc1. The summed E-state index contributed by atoms with van der Waals surface area (Å²) in [5.74, 6) is 1.10. The molecule has 0 amide bonds. The standard InChI is InChI=1S/C13H14N4O2/c1-9-7-12(18)16-13(15-9)17-14-8-10-3-5-11(19-2)6-4-10/h3-8H,1-2H3,(H2,15,16,17,18)/b14-8+. The summed E-state index contributed by atoms with van der Waals surface area (Å²) in [5, 5.41) is 4.00. The Morgan fingerprint density at radius 1 is 1.37 bits per heavy atom. The van der Waals surface area contributed by atoms with Crippen LogP contribution < -0.4 is 15.7 Å². The number of nitrogens with zero attached hydrogens (tertiary/aromatic N) is 2. The van der Waals surface area contributed by atoms with Gasteiger partial charge in [-0.3, -0.25) is 9.78 Å². The Labute approximate surface area is 110 Å². The topological polar surface area (TPSA) is 79.4 Å². The number of rotatable bonds is 4. The van der Waals surface area contributed by atoms with Gasteiger partial charge in [0.2, 0.25) is 5.95 Å².